The Balaban J connectivity index is 1.54. The van der Waals surface area contributed by atoms with Gasteiger partial charge in [0.2, 0.25) is 12.7 Å². The van der Waals surface area contributed by atoms with Crippen molar-refractivity contribution in [2.75, 3.05) is 6.79 Å². The predicted molar refractivity (Wildman–Crippen MR) is 99.8 cm³/mol. The highest BCUT2D eigenvalue weighted by Crippen LogP contribution is 2.33. The molecule has 1 aliphatic heterocycles. The summed E-state index contributed by atoms with van der Waals surface area (Å²) in [6.07, 6.45) is 5.63. The van der Waals surface area contributed by atoms with E-state index in [1.54, 1.807) is 0 Å². The summed E-state index contributed by atoms with van der Waals surface area (Å²) in [5.41, 5.74) is 2.24. The predicted octanol–water partition coefficient (Wildman–Crippen LogP) is 4.52. The average Bonchev–Trinajstić information content (AvgIpc) is 3.16. The zero-order valence-corrected chi connectivity index (χ0v) is 15.0. The minimum Gasteiger partial charge on any atom is -0.454 e. The van der Waals surface area contributed by atoms with Crippen LogP contribution in [0.4, 0.5) is 0 Å². The largest absolute Gasteiger partial charge is 0.454 e. The monoisotopic (exact) mass is 351 g/mol. The van der Waals surface area contributed by atoms with Crippen LogP contribution in [0.25, 0.3) is 0 Å². The maximum absolute atomic E-state index is 13.2. The van der Waals surface area contributed by atoms with E-state index in [4.69, 9.17) is 9.47 Å². The lowest BCUT2D eigenvalue weighted by atomic mass is 9.88. The van der Waals surface area contributed by atoms with Gasteiger partial charge in [-0.3, -0.25) is 4.79 Å². The maximum atomic E-state index is 13.2. The molecule has 0 radical (unpaired) electrons. The van der Waals surface area contributed by atoms with Gasteiger partial charge < -0.3 is 14.4 Å². The third-order valence-corrected chi connectivity index (χ3v) is 5.29. The molecule has 136 valence electrons. The number of amides is 1. The van der Waals surface area contributed by atoms with Gasteiger partial charge in [-0.05, 0) is 36.1 Å². The van der Waals surface area contributed by atoms with E-state index in [-0.39, 0.29) is 18.6 Å². The second-order valence-electron chi connectivity index (χ2n) is 7.20. The van der Waals surface area contributed by atoms with Gasteiger partial charge in [-0.25, -0.2) is 0 Å². The molecule has 4 heteroatoms. The van der Waals surface area contributed by atoms with Gasteiger partial charge in [0.1, 0.15) is 0 Å². The van der Waals surface area contributed by atoms with Gasteiger partial charge in [0, 0.05) is 19.0 Å². The highest BCUT2D eigenvalue weighted by molar-refractivity contribution is 5.79. The van der Waals surface area contributed by atoms with E-state index in [0.29, 0.717) is 13.1 Å². The Kier molecular flexibility index (Phi) is 5.09. The van der Waals surface area contributed by atoms with Crippen molar-refractivity contribution in [3.8, 4) is 11.5 Å². The number of carbonyl (C=O) groups is 1. The number of hydrogen-bond donors (Lipinski definition) is 0. The first kappa shape index (κ1) is 17.0. The number of carbonyl (C=O) groups excluding carboxylic acids is 1. The van der Waals surface area contributed by atoms with Gasteiger partial charge >= 0.3 is 0 Å². The summed E-state index contributed by atoms with van der Waals surface area (Å²) in [7, 11) is 0. The van der Waals surface area contributed by atoms with Gasteiger partial charge in [0.05, 0.1) is 0 Å². The molecule has 1 fully saturated rings. The summed E-state index contributed by atoms with van der Waals surface area (Å²) >= 11 is 0. The standard InChI is InChI=1S/C22H25NO3/c24-22(19-9-5-2-6-10-19)23(14-17-7-3-1-4-8-17)15-18-11-12-20-21(13-18)26-16-25-20/h1,3-4,7-8,11-13,19H,2,5-6,9-10,14-16H2. The molecule has 2 aromatic rings. The summed E-state index contributed by atoms with van der Waals surface area (Å²) in [4.78, 5) is 15.2. The van der Waals surface area contributed by atoms with Gasteiger partial charge in [0.25, 0.3) is 0 Å². The van der Waals surface area contributed by atoms with E-state index in [1.165, 1.54) is 19.3 Å². The van der Waals surface area contributed by atoms with Crippen LogP contribution in [0, 0.1) is 5.92 Å². The molecule has 26 heavy (non-hydrogen) atoms. The van der Waals surface area contributed by atoms with Crippen molar-refractivity contribution in [2.45, 2.75) is 45.2 Å². The summed E-state index contributed by atoms with van der Waals surface area (Å²) < 4.78 is 10.9. The quantitative estimate of drug-likeness (QED) is 0.795. The van der Waals surface area contributed by atoms with Gasteiger partial charge in [0.15, 0.2) is 11.5 Å². The van der Waals surface area contributed by atoms with Crippen LogP contribution < -0.4 is 9.47 Å². The van der Waals surface area contributed by atoms with Crippen molar-refractivity contribution in [1.29, 1.82) is 0 Å². The van der Waals surface area contributed by atoms with Crippen molar-refractivity contribution in [2.24, 2.45) is 5.92 Å². The SMILES string of the molecule is O=C(C1CCCCC1)N(Cc1ccccc1)Cc1ccc2c(c1)OCO2. The third-order valence-electron chi connectivity index (χ3n) is 5.29. The Bertz CT molecular complexity index is 753. The van der Waals surface area contributed by atoms with Gasteiger partial charge in [-0.1, -0.05) is 55.7 Å². The normalized spacial score (nSPS) is 16.5. The highest BCUT2D eigenvalue weighted by atomic mass is 16.7. The minimum atomic E-state index is 0.168. The molecule has 1 saturated carbocycles. The van der Waals surface area contributed by atoms with Crippen LogP contribution in [0.5, 0.6) is 11.5 Å². The summed E-state index contributed by atoms with van der Waals surface area (Å²) in [5.74, 6) is 2.00. The topological polar surface area (TPSA) is 38.8 Å². The first-order chi connectivity index (χ1) is 12.8. The molecule has 2 aromatic carbocycles. The van der Waals surface area contributed by atoms with Gasteiger partial charge in [-0.15, -0.1) is 0 Å². The molecule has 0 unspecified atom stereocenters. The van der Waals surface area contributed by atoms with Crippen LogP contribution in [0.2, 0.25) is 0 Å². The Labute approximate surface area is 154 Å². The highest BCUT2D eigenvalue weighted by Gasteiger charge is 2.26. The maximum Gasteiger partial charge on any atom is 0.231 e. The molecule has 0 bridgehead atoms. The summed E-state index contributed by atoms with van der Waals surface area (Å²) in [6, 6.07) is 16.2. The summed E-state index contributed by atoms with van der Waals surface area (Å²) in [5, 5.41) is 0. The second kappa shape index (κ2) is 7.81. The fraction of sp³-hybridized carbons (Fsp3) is 0.409. The lowest BCUT2D eigenvalue weighted by molar-refractivity contribution is -0.137. The van der Waals surface area contributed by atoms with Crippen molar-refractivity contribution < 1.29 is 14.3 Å². The molecular weight excluding hydrogens is 326 g/mol. The molecule has 0 atom stereocenters. The van der Waals surface area contributed by atoms with Gasteiger partial charge in [-0.2, -0.15) is 0 Å². The Hall–Kier alpha value is -2.49. The fourth-order valence-electron chi connectivity index (χ4n) is 3.88. The van der Waals surface area contributed by atoms with Crippen LogP contribution in [-0.4, -0.2) is 17.6 Å². The zero-order valence-electron chi connectivity index (χ0n) is 15.0. The van der Waals surface area contributed by atoms with E-state index in [9.17, 15) is 4.79 Å². The number of ether oxygens (including phenoxy) is 2. The fourth-order valence-corrected chi connectivity index (χ4v) is 3.88. The Morgan fingerprint density at radius 1 is 0.885 bits per heavy atom. The second-order valence-corrected chi connectivity index (χ2v) is 7.20. The average molecular weight is 351 g/mol. The van der Waals surface area contributed by atoms with E-state index >= 15 is 0 Å². The summed E-state index contributed by atoms with van der Waals surface area (Å²) in [6.45, 7) is 1.51. The molecule has 0 aromatic heterocycles. The molecule has 0 spiro atoms. The van der Waals surface area contributed by atoms with E-state index in [0.717, 1.165) is 35.5 Å². The third kappa shape index (κ3) is 3.85. The molecule has 4 rings (SSSR count). The van der Waals surface area contributed by atoms with Crippen LogP contribution in [-0.2, 0) is 17.9 Å². The van der Waals surface area contributed by atoms with Crippen LogP contribution in [0.3, 0.4) is 0 Å². The van der Waals surface area contributed by atoms with Crippen LogP contribution >= 0.6 is 0 Å². The number of rotatable bonds is 5. The molecule has 1 aliphatic carbocycles. The molecular formula is C22H25NO3. The van der Waals surface area contributed by atoms with E-state index < -0.39 is 0 Å². The van der Waals surface area contributed by atoms with Crippen LogP contribution in [0.1, 0.15) is 43.2 Å². The molecule has 4 nitrogen and oxygen atoms in total. The van der Waals surface area contributed by atoms with Crippen molar-refractivity contribution in [3.63, 3.8) is 0 Å². The number of nitrogens with zero attached hydrogens (tertiary/aromatic N) is 1. The van der Waals surface area contributed by atoms with Crippen LogP contribution in [0.15, 0.2) is 48.5 Å². The van der Waals surface area contributed by atoms with E-state index in [1.807, 2.05) is 41.3 Å². The van der Waals surface area contributed by atoms with Crippen molar-refractivity contribution in [3.05, 3.63) is 59.7 Å². The molecule has 0 N–H and O–H groups in total. The minimum absolute atomic E-state index is 0.168. The lowest BCUT2D eigenvalue weighted by Crippen LogP contribution is -2.36. The molecule has 1 amide bonds. The van der Waals surface area contributed by atoms with E-state index in [2.05, 4.69) is 12.1 Å². The first-order valence-corrected chi connectivity index (χ1v) is 9.51. The Morgan fingerprint density at radius 3 is 2.42 bits per heavy atom. The van der Waals surface area contributed by atoms with Crippen molar-refractivity contribution >= 4 is 5.91 Å². The zero-order chi connectivity index (χ0) is 17.8. The first-order valence-electron chi connectivity index (χ1n) is 9.51. The molecule has 2 aliphatic rings. The lowest BCUT2D eigenvalue weighted by Gasteiger charge is -2.29. The molecule has 0 saturated heterocycles. The van der Waals surface area contributed by atoms with Crippen molar-refractivity contribution in [1.82, 2.24) is 4.90 Å². The number of benzene rings is 2. The smallest absolute Gasteiger partial charge is 0.231 e. The molecule has 1 heterocycles. The Morgan fingerprint density at radius 2 is 1.62 bits per heavy atom. The number of hydrogen-bond acceptors (Lipinski definition) is 3. The number of fused-ring (bicyclic) bond motifs is 1.